The first-order valence-corrected chi connectivity index (χ1v) is 14.2. The molecule has 0 radical (unpaired) electrons. The standard InChI is InChI=1S/C24H20N4O5S2/c1-34(30,31)28-22-19(21(27-28)23(29)17-10-6-3-7-11-17)13-12-18-14-25-24(26-20(18)22)35(32,33)15-16-8-4-2-5-9-16/h2-11,14H,12-13,15H2,1H3. The number of hydrogen-bond acceptors (Lipinski definition) is 8. The van der Waals surface area contributed by atoms with Crippen molar-refractivity contribution in [2.24, 2.45) is 0 Å². The number of aryl methyl sites for hydroxylation is 1. The lowest BCUT2D eigenvalue weighted by atomic mass is 9.91. The maximum Gasteiger partial charge on any atom is 0.251 e. The Hall–Kier alpha value is -3.70. The Morgan fingerprint density at radius 1 is 0.943 bits per heavy atom. The summed E-state index contributed by atoms with van der Waals surface area (Å²) < 4.78 is 52.2. The SMILES string of the molecule is CS(=O)(=O)n1nc(C(=O)c2ccccc2)c2c1-c1nc(S(=O)(=O)Cc3ccccc3)ncc1CC2. The van der Waals surface area contributed by atoms with Crippen molar-refractivity contribution in [1.29, 1.82) is 0 Å². The second-order valence-electron chi connectivity index (χ2n) is 8.25. The zero-order valence-electron chi connectivity index (χ0n) is 18.6. The average Bonchev–Trinajstić information content (AvgIpc) is 3.25. The molecule has 2 heterocycles. The summed E-state index contributed by atoms with van der Waals surface area (Å²) in [5, 5.41) is 3.76. The van der Waals surface area contributed by atoms with Crippen molar-refractivity contribution in [3.05, 3.63) is 94.8 Å². The average molecular weight is 509 g/mol. The highest BCUT2D eigenvalue weighted by Crippen LogP contribution is 2.36. The van der Waals surface area contributed by atoms with Crippen molar-refractivity contribution in [2.75, 3.05) is 6.26 Å². The van der Waals surface area contributed by atoms with Crippen molar-refractivity contribution in [2.45, 2.75) is 23.8 Å². The second kappa shape index (κ2) is 8.51. The molecule has 0 saturated carbocycles. The van der Waals surface area contributed by atoms with E-state index in [2.05, 4.69) is 15.1 Å². The molecule has 0 saturated heterocycles. The predicted octanol–water partition coefficient (Wildman–Crippen LogP) is 2.45. The first-order valence-electron chi connectivity index (χ1n) is 10.7. The van der Waals surface area contributed by atoms with Crippen molar-refractivity contribution in [3.8, 4) is 11.4 Å². The number of aromatic nitrogens is 4. The summed E-state index contributed by atoms with van der Waals surface area (Å²) in [6, 6.07) is 17.1. The lowest BCUT2D eigenvalue weighted by Gasteiger charge is -2.17. The fourth-order valence-electron chi connectivity index (χ4n) is 4.09. The molecule has 0 spiro atoms. The quantitative estimate of drug-likeness (QED) is 0.287. The Morgan fingerprint density at radius 3 is 2.26 bits per heavy atom. The van der Waals surface area contributed by atoms with Gasteiger partial charge >= 0.3 is 0 Å². The number of sulfone groups is 1. The van der Waals surface area contributed by atoms with Gasteiger partial charge in [0, 0.05) is 17.3 Å². The van der Waals surface area contributed by atoms with Crippen LogP contribution in [0, 0.1) is 0 Å². The molecule has 0 bridgehead atoms. The molecule has 178 valence electrons. The third-order valence-electron chi connectivity index (χ3n) is 5.71. The molecule has 0 aliphatic heterocycles. The summed E-state index contributed by atoms with van der Waals surface area (Å²) in [7, 11) is -7.85. The predicted molar refractivity (Wildman–Crippen MR) is 128 cm³/mol. The Bertz CT molecular complexity index is 1660. The number of nitrogens with zero attached hydrogens (tertiary/aromatic N) is 4. The monoisotopic (exact) mass is 508 g/mol. The maximum atomic E-state index is 13.2. The topological polar surface area (TPSA) is 129 Å². The third kappa shape index (κ3) is 4.28. The van der Waals surface area contributed by atoms with Crippen LogP contribution in [0.4, 0.5) is 0 Å². The number of carbonyl (C=O) groups is 1. The Kier molecular flexibility index (Phi) is 5.60. The van der Waals surface area contributed by atoms with Gasteiger partial charge in [-0.2, -0.15) is 9.19 Å². The number of carbonyl (C=O) groups excluding carboxylic acids is 1. The zero-order valence-corrected chi connectivity index (χ0v) is 20.3. The van der Waals surface area contributed by atoms with Gasteiger partial charge < -0.3 is 0 Å². The highest BCUT2D eigenvalue weighted by molar-refractivity contribution is 7.90. The van der Waals surface area contributed by atoms with Gasteiger partial charge in [-0.15, -0.1) is 0 Å². The van der Waals surface area contributed by atoms with Gasteiger partial charge in [-0.3, -0.25) is 4.79 Å². The molecular weight excluding hydrogens is 488 g/mol. The minimum atomic E-state index is -3.94. The van der Waals surface area contributed by atoms with Crippen LogP contribution in [0.25, 0.3) is 11.4 Å². The van der Waals surface area contributed by atoms with Crippen LogP contribution in [0.15, 0.2) is 72.0 Å². The van der Waals surface area contributed by atoms with E-state index in [4.69, 9.17) is 0 Å². The third-order valence-corrected chi connectivity index (χ3v) is 8.07. The smallest absolute Gasteiger partial charge is 0.251 e. The van der Waals surface area contributed by atoms with Crippen LogP contribution in [-0.4, -0.2) is 48.0 Å². The fourth-order valence-corrected chi connectivity index (χ4v) is 6.06. The normalized spacial score (nSPS) is 13.2. The number of hydrogen-bond donors (Lipinski definition) is 0. The number of benzene rings is 2. The lowest BCUT2D eigenvalue weighted by molar-refractivity contribution is 0.103. The zero-order chi connectivity index (χ0) is 24.8. The molecule has 0 fully saturated rings. The van der Waals surface area contributed by atoms with Crippen molar-refractivity contribution >= 4 is 25.6 Å². The molecular formula is C24H20N4O5S2. The fraction of sp³-hybridized carbons (Fsp3) is 0.167. The molecule has 0 atom stereocenters. The van der Waals surface area contributed by atoms with Gasteiger partial charge in [0.1, 0.15) is 11.4 Å². The minimum Gasteiger partial charge on any atom is -0.287 e. The van der Waals surface area contributed by atoms with E-state index in [9.17, 15) is 21.6 Å². The Balaban J connectivity index is 1.66. The van der Waals surface area contributed by atoms with E-state index in [1.807, 2.05) is 0 Å². The first-order chi connectivity index (χ1) is 16.6. The highest BCUT2D eigenvalue weighted by atomic mass is 32.2. The van der Waals surface area contributed by atoms with E-state index < -0.39 is 30.8 Å². The van der Waals surface area contributed by atoms with Gasteiger partial charge in [-0.05, 0) is 24.0 Å². The van der Waals surface area contributed by atoms with Gasteiger partial charge in [-0.25, -0.2) is 26.8 Å². The van der Waals surface area contributed by atoms with E-state index >= 15 is 0 Å². The first kappa shape index (κ1) is 23.1. The van der Waals surface area contributed by atoms with E-state index in [-0.39, 0.29) is 22.8 Å². The molecule has 4 aromatic rings. The molecule has 11 heteroatoms. The molecule has 2 aromatic carbocycles. The van der Waals surface area contributed by atoms with Crippen LogP contribution < -0.4 is 0 Å². The summed E-state index contributed by atoms with van der Waals surface area (Å²) in [6.07, 6.45) is 3.12. The van der Waals surface area contributed by atoms with Crippen molar-refractivity contribution in [3.63, 3.8) is 0 Å². The van der Waals surface area contributed by atoms with Crippen molar-refractivity contribution < 1.29 is 21.6 Å². The Labute approximate surface area is 202 Å². The highest BCUT2D eigenvalue weighted by Gasteiger charge is 2.34. The molecule has 0 unspecified atom stereocenters. The van der Waals surface area contributed by atoms with E-state index in [1.165, 1.54) is 6.20 Å². The van der Waals surface area contributed by atoms with Crippen LogP contribution >= 0.6 is 0 Å². The number of rotatable bonds is 6. The summed E-state index contributed by atoms with van der Waals surface area (Å²) in [4.78, 5) is 21.6. The van der Waals surface area contributed by atoms with Gasteiger partial charge in [0.2, 0.25) is 20.8 Å². The summed E-state index contributed by atoms with van der Waals surface area (Å²) in [6.45, 7) is 0. The van der Waals surface area contributed by atoms with Crippen LogP contribution in [0.5, 0.6) is 0 Å². The van der Waals surface area contributed by atoms with Gasteiger partial charge in [0.05, 0.1) is 17.7 Å². The largest absolute Gasteiger partial charge is 0.287 e. The lowest BCUT2D eigenvalue weighted by Crippen LogP contribution is -2.18. The van der Waals surface area contributed by atoms with E-state index in [1.54, 1.807) is 60.7 Å². The Morgan fingerprint density at radius 2 is 1.60 bits per heavy atom. The molecule has 1 aliphatic rings. The molecule has 35 heavy (non-hydrogen) atoms. The molecule has 1 aliphatic carbocycles. The number of fused-ring (bicyclic) bond motifs is 3. The molecule has 9 nitrogen and oxygen atoms in total. The summed E-state index contributed by atoms with van der Waals surface area (Å²) in [5.41, 5.74) is 2.21. The van der Waals surface area contributed by atoms with Crippen LogP contribution in [-0.2, 0) is 38.5 Å². The minimum absolute atomic E-state index is 0.00887. The molecule has 0 amide bonds. The van der Waals surface area contributed by atoms with Crippen LogP contribution in [0.2, 0.25) is 0 Å². The summed E-state index contributed by atoms with van der Waals surface area (Å²) in [5.74, 6) is -0.721. The van der Waals surface area contributed by atoms with Gasteiger partial charge in [0.25, 0.3) is 10.0 Å². The van der Waals surface area contributed by atoms with E-state index in [0.717, 1.165) is 10.3 Å². The van der Waals surface area contributed by atoms with Crippen LogP contribution in [0.1, 0.15) is 32.7 Å². The molecule has 0 N–H and O–H groups in total. The summed E-state index contributed by atoms with van der Waals surface area (Å²) >= 11 is 0. The maximum absolute atomic E-state index is 13.2. The van der Waals surface area contributed by atoms with Crippen LogP contribution in [0.3, 0.4) is 0 Å². The number of ketones is 1. The molecule has 2 aromatic heterocycles. The van der Waals surface area contributed by atoms with Gasteiger partial charge in [0.15, 0.2) is 0 Å². The van der Waals surface area contributed by atoms with E-state index in [0.29, 0.717) is 35.1 Å². The van der Waals surface area contributed by atoms with Gasteiger partial charge in [-0.1, -0.05) is 60.7 Å². The molecule has 5 rings (SSSR count). The second-order valence-corrected chi connectivity index (χ2v) is 11.9. The van der Waals surface area contributed by atoms with Crippen molar-refractivity contribution in [1.82, 2.24) is 19.2 Å².